The maximum absolute atomic E-state index is 13.7. The van der Waals surface area contributed by atoms with Crippen LogP contribution in [-0.2, 0) is 10.2 Å². The van der Waals surface area contributed by atoms with Gasteiger partial charge in [-0.1, -0.05) is 45.0 Å². The first kappa shape index (κ1) is 15.6. The van der Waals surface area contributed by atoms with Gasteiger partial charge in [-0.25, -0.2) is 4.39 Å². The molecule has 1 fully saturated rings. The van der Waals surface area contributed by atoms with Crippen molar-refractivity contribution in [3.63, 3.8) is 0 Å². The van der Waals surface area contributed by atoms with E-state index >= 15 is 0 Å². The molecule has 0 radical (unpaired) electrons. The Labute approximate surface area is 143 Å². The van der Waals surface area contributed by atoms with Crippen LogP contribution < -0.4 is 5.32 Å². The smallest absolute Gasteiger partial charge is 0.123 e. The molecule has 126 valence electrons. The number of fused-ring (bicyclic) bond motifs is 3. The van der Waals surface area contributed by atoms with E-state index in [1.807, 2.05) is 6.07 Å². The number of rotatable bonds is 1. The maximum atomic E-state index is 13.7. The van der Waals surface area contributed by atoms with Gasteiger partial charge in [0.25, 0.3) is 0 Å². The number of anilines is 1. The van der Waals surface area contributed by atoms with Crippen LogP contribution in [0.4, 0.5) is 10.1 Å². The number of benzene rings is 2. The molecule has 0 amide bonds. The first-order valence-corrected chi connectivity index (χ1v) is 8.71. The van der Waals surface area contributed by atoms with Gasteiger partial charge in [0.2, 0.25) is 0 Å². The predicted molar refractivity (Wildman–Crippen MR) is 94.7 cm³/mol. The Morgan fingerprint density at radius 3 is 2.71 bits per heavy atom. The van der Waals surface area contributed by atoms with E-state index < -0.39 is 0 Å². The summed E-state index contributed by atoms with van der Waals surface area (Å²) in [7, 11) is 0. The normalized spacial score (nSPS) is 25.8. The van der Waals surface area contributed by atoms with Crippen LogP contribution in [0.25, 0.3) is 0 Å². The van der Waals surface area contributed by atoms with Gasteiger partial charge >= 0.3 is 0 Å². The Kier molecular flexibility index (Phi) is 3.65. The minimum absolute atomic E-state index is 0.0943. The van der Waals surface area contributed by atoms with Crippen LogP contribution in [-0.4, -0.2) is 6.61 Å². The highest BCUT2D eigenvalue weighted by molar-refractivity contribution is 5.59. The average Bonchev–Trinajstić information content (AvgIpc) is 3.02. The van der Waals surface area contributed by atoms with Gasteiger partial charge in [0, 0.05) is 23.8 Å². The summed E-state index contributed by atoms with van der Waals surface area (Å²) >= 11 is 0. The summed E-state index contributed by atoms with van der Waals surface area (Å²) < 4.78 is 19.8. The van der Waals surface area contributed by atoms with Crippen molar-refractivity contribution in [1.82, 2.24) is 0 Å². The van der Waals surface area contributed by atoms with Crippen LogP contribution in [0.5, 0.6) is 0 Å². The standard InChI is InChI=1S/C21H24FNO/c1-21(2,3)14-7-8-18-17(12-14)20-16(9-10-24-20)19(23-18)13-5-4-6-15(22)11-13/h4-8,11-12,16,19-20,23H,9-10H2,1-3H3. The molecule has 0 bridgehead atoms. The van der Waals surface area contributed by atoms with Gasteiger partial charge in [0.1, 0.15) is 5.82 Å². The third kappa shape index (κ3) is 2.61. The van der Waals surface area contributed by atoms with Gasteiger partial charge in [-0.15, -0.1) is 0 Å². The van der Waals surface area contributed by atoms with Crippen LogP contribution in [0.1, 0.15) is 56.0 Å². The van der Waals surface area contributed by atoms with Gasteiger partial charge in [-0.05, 0) is 41.2 Å². The fourth-order valence-corrected chi connectivity index (χ4v) is 3.97. The SMILES string of the molecule is CC(C)(C)c1ccc2c(c1)C1OCCC1C(c1cccc(F)c1)N2. The molecule has 2 aliphatic heterocycles. The summed E-state index contributed by atoms with van der Waals surface area (Å²) in [5, 5.41) is 3.64. The summed E-state index contributed by atoms with van der Waals surface area (Å²) in [6, 6.07) is 13.7. The van der Waals surface area contributed by atoms with E-state index in [0.717, 1.165) is 24.3 Å². The Balaban J connectivity index is 1.77. The Morgan fingerprint density at radius 1 is 1.12 bits per heavy atom. The number of hydrogen-bond acceptors (Lipinski definition) is 2. The molecule has 2 heterocycles. The highest BCUT2D eigenvalue weighted by Crippen LogP contribution is 2.50. The molecule has 2 nitrogen and oxygen atoms in total. The molecule has 4 rings (SSSR count). The largest absolute Gasteiger partial charge is 0.378 e. The van der Waals surface area contributed by atoms with E-state index in [1.54, 1.807) is 12.1 Å². The molecule has 24 heavy (non-hydrogen) atoms. The topological polar surface area (TPSA) is 21.3 Å². The fourth-order valence-electron chi connectivity index (χ4n) is 3.97. The molecule has 1 N–H and O–H groups in total. The van der Waals surface area contributed by atoms with Crippen molar-refractivity contribution < 1.29 is 9.13 Å². The second-order valence-corrected chi connectivity index (χ2v) is 7.97. The molecule has 3 unspecified atom stereocenters. The lowest BCUT2D eigenvalue weighted by molar-refractivity contribution is 0.0828. The molecule has 0 spiro atoms. The van der Waals surface area contributed by atoms with E-state index in [1.165, 1.54) is 17.2 Å². The Bertz CT molecular complexity index is 765. The number of hydrogen-bond donors (Lipinski definition) is 1. The molecule has 2 aromatic rings. The lowest BCUT2D eigenvalue weighted by Crippen LogP contribution is -2.29. The van der Waals surface area contributed by atoms with Gasteiger partial charge in [-0.2, -0.15) is 0 Å². The Morgan fingerprint density at radius 2 is 1.96 bits per heavy atom. The van der Waals surface area contributed by atoms with Crippen LogP contribution in [0.3, 0.4) is 0 Å². The quantitative estimate of drug-likeness (QED) is 0.761. The molecular formula is C21H24FNO. The van der Waals surface area contributed by atoms with Gasteiger partial charge in [-0.3, -0.25) is 0 Å². The molecular weight excluding hydrogens is 301 g/mol. The van der Waals surface area contributed by atoms with Crippen LogP contribution in [0.15, 0.2) is 42.5 Å². The highest BCUT2D eigenvalue weighted by atomic mass is 19.1. The van der Waals surface area contributed by atoms with Gasteiger partial charge in [0.05, 0.1) is 12.1 Å². The molecule has 2 aliphatic rings. The lowest BCUT2D eigenvalue weighted by Gasteiger charge is -2.37. The zero-order valence-electron chi connectivity index (χ0n) is 14.5. The van der Waals surface area contributed by atoms with Crippen molar-refractivity contribution in [3.05, 3.63) is 65.0 Å². The van der Waals surface area contributed by atoms with E-state index in [4.69, 9.17) is 4.74 Å². The first-order chi connectivity index (χ1) is 11.4. The summed E-state index contributed by atoms with van der Waals surface area (Å²) in [5.74, 6) is 0.160. The fraction of sp³-hybridized carbons (Fsp3) is 0.429. The molecule has 0 aromatic heterocycles. The highest BCUT2D eigenvalue weighted by Gasteiger charge is 2.41. The zero-order valence-corrected chi connectivity index (χ0v) is 14.5. The number of nitrogens with one attached hydrogen (secondary N) is 1. The number of ether oxygens (including phenoxy) is 1. The van der Waals surface area contributed by atoms with Crippen LogP contribution in [0.2, 0.25) is 0 Å². The van der Waals surface area contributed by atoms with Crippen LogP contribution >= 0.6 is 0 Å². The molecule has 0 aliphatic carbocycles. The van der Waals surface area contributed by atoms with Crippen LogP contribution in [0, 0.1) is 11.7 Å². The summed E-state index contributed by atoms with van der Waals surface area (Å²) in [6.07, 6.45) is 1.09. The Hall–Kier alpha value is -1.87. The summed E-state index contributed by atoms with van der Waals surface area (Å²) in [5.41, 5.74) is 4.79. The van der Waals surface area contributed by atoms with Gasteiger partial charge in [0.15, 0.2) is 0 Å². The van der Waals surface area contributed by atoms with Crippen molar-refractivity contribution in [3.8, 4) is 0 Å². The van der Waals surface area contributed by atoms with E-state index in [9.17, 15) is 4.39 Å². The second kappa shape index (κ2) is 5.59. The van der Waals surface area contributed by atoms with Crippen molar-refractivity contribution >= 4 is 5.69 Å². The van der Waals surface area contributed by atoms with E-state index in [-0.39, 0.29) is 23.4 Å². The third-order valence-corrected chi connectivity index (χ3v) is 5.31. The molecule has 1 saturated heterocycles. The minimum atomic E-state index is -0.182. The molecule has 2 aromatic carbocycles. The van der Waals surface area contributed by atoms with Crippen molar-refractivity contribution in [2.45, 2.75) is 44.8 Å². The monoisotopic (exact) mass is 325 g/mol. The summed E-state index contributed by atoms with van der Waals surface area (Å²) in [6.45, 7) is 7.45. The average molecular weight is 325 g/mol. The van der Waals surface area contributed by atoms with Gasteiger partial charge < -0.3 is 10.1 Å². The molecule has 3 heteroatoms. The molecule has 0 saturated carbocycles. The third-order valence-electron chi connectivity index (χ3n) is 5.31. The second-order valence-electron chi connectivity index (χ2n) is 7.97. The number of halogens is 1. The van der Waals surface area contributed by atoms with E-state index in [0.29, 0.717) is 5.92 Å². The first-order valence-electron chi connectivity index (χ1n) is 8.71. The van der Waals surface area contributed by atoms with E-state index in [2.05, 4.69) is 44.3 Å². The van der Waals surface area contributed by atoms with Crippen molar-refractivity contribution in [2.75, 3.05) is 11.9 Å². The predicted octanol–water partition coefficient (Wildman–Crippen LogP) is 5.37. The minimum Gasteiger partial charge on any atom is -0.378 e. The van der Waals surface area contributed by atoms with Crippen molar-refractivity contribution in [2.24, 2.45) is 5.92 Å². The van der Waals surface area contributed by atoms with Crippen molar-refractivity contribution in [1.29, 1.82) is 0 Å². The molecule has 3 atom stereocenters. The zero-order chi connectivity index (χ0) is 16.9. The summed E-state index contributed by atoms with van der Waals surface area (Å²) in [4.78, 5) is 0. The maximum Gasteiger partial charge on any atom is 0.123 e. The lowest BCUT2D eigenvalue weighted by atomic mass is 9.78.